The van der Waals surface area contributed by atoms with Crippen LogP contribution in [0.4, 0.5) is 0 Å². The Labute approximate surface area is 192 Å². The van der Waals surface area contributed by atoms with E-state index < -0.39 is 0 Å². The molecule has 4 aromatic carbocycles. The maximum Gasteiger partial charge on any atom is -0.0112 e. The standard InChI is InChI=1S/2C16H14/c1-3-9-15(10-4-1)13-7-8-14-16-11-5-2-6-12-16;1-2-9-16(14-10-5-3-6-11-14)15-12-7-4-8-13-15/h1-14H;2-13H,1H2. The summed E-state index contributed by atoms with van der Waals surface area (Å²) in [7, 11) is 0. The Bertz CT molecular complexity index is 1040. The first kappa shape index (κ1) is 22.5. The topological polar surface area (TPSA) is 0 Å². The summed E-state index contributed by atoms with van der Waals surface area (Å²) in [5.41, 5.74) is 6.08. The van der Waals surface area contributed by atoms with E-state index in [0.717, 1.165) is 0 Å². The number of hydrogen-bond donors (Lipinski definition) is 0. The van der Waals surface area contributed by atoms with Crippen molar-refractivity contribution >= 4 is 17.7 Å². The number of benzene rings is 4. The minimum atomic E-state index is 1.20. The average molecular weight is 413 g/mol. The van der Waals surface area contributed by atoms with Gasteiger partial charge >= 0.3 is 0 Å². The quantitative estimate of drug-likeness (QED) is 0.278. The van der Waals surface area contributed by atoms with Crippen LogP contribution < -0.4 is 0 Å². The van der Waals surface area contributed by atoms with E-state index in [1.807, 2.05) is 60.7 Å². The highest BCUT2D eigenvalue weighted by molar-refractivity contribution is 5.80. The predicted molar refractivity (Wildman–Crippen MR) is 141 cm³/mol. The number of allylic oxidation sites excluding steroid dienone is 4. The number of rotatable bonds is 6. The van der Waals surface area contributed by atoms with Gasteiger partial charge in [0.05, 0.1) is 0 Å². The van der Waals surface area contributed by atoms with Crippen molar-refractivity contribution in [1.29, 1.82) is 0 Å². The fraction of sp³-hybridized carbons (Fsp3) is 0. The predicted octanol–water partition coefficient (Wildman–Crippen LogP) is 8.72. The van der Waals surface area contributed by atoms with Gasteiger partial charge < -0.3 is 0 Å². The SMILES string of the molecule is C(C=Cc1ccccc1)=Cc1ccccc1.C=CC=C(c1ccccc1)c1ccccc1. The van der Waals surface area contributed by atoms with Gasteiger partial charge in [-0.25, -0.2) is 0 Å². The molecule has 0 aromatic heterocycles. The summed E-state index contributed by atoms with van der Waals surface area (Å²) in [5.74, 6) is 0. The van der Waals surface area contributed by atoms with Crippen LogP contribution in [0.5, 0.6) is 0 Å². The van der Waals surface area contributed by atoms with E-state index in [0.29, 0.717) is 0 Å². The highest BCUT2D eigenvalue weighted by Crippen LogP contribution is 2.22. The molecule has 0 heterocycles. The normalized spacial score (nSPS) is 10.4. The van der Waals surface area contributed by atoms with Crippen molar-refractivity contribution in [3.63, 3.8) is 0 Å². The summed E-state index contributed by atoms with van der Waals surface area (Å²) in [5, 5.41) is 0. The zero-order valence-electron chi connectivity index (χ0n) is 18.2. The minimum absolute atomic E-state index is 1.20. The van der Waals surface area contributed by atoms with Crippen LogP contribution in [0.3, 0.4) is 0 Å². The molecule has 0 aliphatic heterocycles. The lowest BCUT2D eigenvalue weighted by Crippen LogP contribution is -1.86. The zero-order chi connectivity index (χ0) is 22.3. The van der Waals surface area contributed by atoms with Gasteiger partial charge in [0, 0.05) is 0 Å². The van der Waals surface area contributed by atoms with Crippen LogP contribution in [0.2, 0.25) is 0 Å². The summed E-state index contributed by atoms with van der Waals surface area (Å²) in [6.45, 7) is 3.78. The van der Waals surface area contributed by atoms with Gasteiger partial charge in [0.25, 0.3) is 0 Å². The smallest absolute Gasteiger partial charge is 0.0112 e. The largest absolute Gasteiger partial charge is 0.0990 e. The molecule has 0 aliphatic rings. The Morgan fingerprint density at radius 3 is 1.16 bits per heavy atom. The van der Waals surface area contributed by atoms with Crippen LogP contribution >= 0.6 is 0 Å². The van der Waals surface area contributed by atoms with E-state index in [2.05, 4.69) is 104 Å². The van der Waals surface area contributed by atoms with Gasteiger partial charge in [0.15, 0.2) is 0 Å². The van der Waals surface area contributed by atoms with E-state index in [9.17, 15) is 0 Å². The van der Waals surface area contributed by atoms with Crippen molar-refractivity contribution in [2.24, 2.45) is 0 Å². The molecule has 0 saturated carbocycles. The molecule has 0 atom stereocenters. The fourth-order valence-corrected chi connectivity index (χ4v) is 3.17. The van der Waals surface area contributed by atoms with Crippen LogP contribution in [-0.2, 0) is 0 Å². The van der Waals surface area contributed by atoms with E-state index >= 15 is 0 Å². The summed E-state index contributed by atoms with van der Waals surface area (Å²) in [6.07, 6.45) is 12.2. The van der Waals surface area contributed by atoms with Gasteiger partial charge in [-0.1, -0.05) is 164 Å². The van der Waals surface area contributed by atoms with E-state index in [4.69, 9.17) is 0 Å². The van der Waals surface area contributed by atoms with Crippen molar-refractivity contribution in [2.75, 3.05) is 0 Å². The molecule has 0 unspecified atom stereocenters. The molecule has 0 bridgehead atoms. The lowest BCUT2D eigenvalue weighted by atomic mass is 9.98. The monoisotopic (exact) mass is 412 g/mol. The Morgan fingerprint density at radius 2 is 0.812 bits per heavy atom. The first-order chi connectivity index (χ1) is 15.9. The molecule has 0 saturated heterocycles. The molecule has 4 aromatic rings. The maximum atomic E-state index is 3.78. The highest BCUT2D eigenvalue weighted by Gasteiger charge is 2.01. The van der Waals surface area contributed by atoms with Crippen LogP contribution in [-0.4, -0.2) is 0 Å². The lowest BCUT2D eigenvalue weighted by Gasteiger charge is -2.07. The minimum Gasteiger partial charge on any atom is -0.0990 e. The number of hydrogen-bond acceptors (Lipinski definition) is 0. The van der Waals surface area contributed by atoms with Crippen molar-refractivity contribution in [1.82, 2.24) is 0 Å². The Balaban J connectivity index is 0.000000181. The van der Waals surface area contributed by atoms with E-state index in [-0.39, 0.29) is 0 Å². The molecule has 32 heavy (non-hydrogen) atoms. The van der Waals surface area contributed by atoms with Gasteiger partial charge in [-0.3, -0.25) is 0 Å². The third-order valence-corrected chi connectivity index (χ3v) is 4.74. The molecule has 156 valence electrons. The fourth-order valence-electron chi connectivity index (χ4n) is 3.17. The van der Waals surface area contributed by atoms with Crippen molar-refractivity contribution < 1.29 is 0 Å². The third-order valence-electron chi connectivity index (χ3n) is 4.74. The zero-order valence-corrected chi connectivity index (χ0v) is 18.2. The molecule has 0 radical (unpaired) electrons. The van der Waals surface area contributed by atoms with Crippen LogP contribution in [0.1, 0.15) is 22.3 Å². The molecule has 4 rings (SSSR count). The Hall–Kier alpha value is -4.16. The summed E-state index contributed by atoms with van der Waals surface area (Å²) in [4.78, 5) is 0. The third kappa shape index (κ3) is 7.59. The van der Waals surface area contributed by atoms with E-state index in [1.165, 1.54) is 27.8 Å². The van der Waals surface area contributed by atoms with Gasteiger partial charge in [0.2, 0.25) is 0 Å². The summed E-state index contributed by atoms with van der Waals surface area (Å²) < 4.78 is 0. The maximum absolute atomic E-state index is 3.78. The first-order valence-corrected chi connectivity index (χ1v) is 10.8. The van der Waals surface area contributed by atoms with Crippen LogP contribution in [0, 0.1) is 0 Å². The Kier molecular flexibility index (Phi) is 9.29. The van der Waals surface area contributed by atoms with Gasteiger partial charge in [-0.05, 0) is 27.8 Å². The van der Waals surface area contributed by atoms with E-state index in [1.54, 1.807) is 0 Å². The molecular weight excluding hydrogens is 384 g/mol. The molecule has 0 fully saturated rings. The molecule has 0 N–H and O–H groups in total. The van der Waals surface area contributed by atoms with Gasteiger partial charge in [0.1, 0.15) is 0 Å². The highest BCUT2D eigenvalue weighted by atomic mass is 14.1. The first-order valence-electron chi connectivity index (χ1n) is 10.8. The average Bonchev–Trinajstić information content (AvgIpc) is 2.88. The Morgan fingerprint density at radius 1 is 0.469 bits per heavy atom. The second-order valence-corrected chi connectivity index (χ2v) is 7.09. The second kappa shape index (κ2) is 13.2. The molecule has 0 nitrogen and oxygen atoms in total. The van der Waals surface area contributed by atoms with Crippen molar-refractivity contribution in [2.45, 2.75) is 0 Å². The lowest BCUT2D eigenvalue weighted by molar-refractivity contribution is 1.55. The molecular formula is C32H28. The second-order valence-electron chi connectivity index (χ2n) is 7.09. The molecule has 0 spiro atoms. The van der Waals surface area contributed by atoms with Crippen LogP contribution in [0.25, 0.3) is 17.7 Å². The van der Waals surface area contributed by atoms with Gasteiger partial charge in [-0.15, -0.1) is 0 Å². The van der Waals surface area contributed by atoms with Crippen molar-refractivity contribution in [3.05, 3.63) is 174 Å². The summed E-state index contributed by atoms with van der Waals surface area (Å²) in [6, 6.07) is 41.3. The molecule has 0 amide bonds. The van der Waals surface area contributed by atoms with Crippen LogP contribution in [0.15, 0.2) is 152 Å². The summed E-state index contributed by atoms with van der Waals surface area (Å²) >= 11 is 0. The molecule has 0 heteroatoms. The molecule has 0 aliphatic carbocycles. The van der Waals surface area contributed by atoms with Gasteiger partial charge in [-0.2, -0.15) is 0 Å². The van der Waals surface area contributed by atoms with Crippen molar-refractivity contribution in [3.8, 4) is 0 Å².